The Labute approximate surface area is 112 Å². The highest BCUT2D eigenvalue weighted by Gasteiger charge is 2.43. The van der Waals surface area contributed by atoms with E-state index in [1.165, 1.54) is 0 Å². The zero-order valence-corrected chi connectivity index (χ0v) is 11.2. The Kier molecular flexibility index (Phi) is 2.69. The van der Waals surface area contributed by atoms with E-state index in [9.17, 15) is 15.0 Å². The Bertz CT molecular complexity index is 564. The van der Waals surface area contributed by atoms with Crippen LogP contribution in [0.5, 0.6) is 0 Å². The third-order valence-electron chi connectivity index (χ3n) is 4.58. The molecule has 2 N–H and O–H groups in total. The van der Waals surface area contributed by atoms with E-state index < -0.39 is 11.5 Å². The lowest BCUT2D eigenvalue weighted by molar-refractivity contribution is 0.00778. The highest BCUT2D eigenvalue weighted by molar-refractivity contribution is 5.93. The van der Waals surface area contributed by atoms with Crippen molar-refractivity contribution in [1.29, 1.82) is 0 Å². The average molecular weight is 262 g/mol. The molecule has 0 amide bonds. The van der Waals surface area contributed by atoms with Crippen molar-refractivity contribution in [3.63, 3.8) is 0 Å². The predicted molar refractivity (Wildman–Crippen MR) is 69.0 cm³/mol. The topological polar surface area (TPSA) is 66.8 Å². The molecule has 1 aliphatic carbocycles. The zero-order chi connectivity index (χ0) is 13.8. The van der Waals surface area contributed by atoms with Crippen LogP contribution in [-0.2, 0) is 17.6 Å². The average Bonchev–Trinajstić information content (AvgIpc) is 2.66. The number of fused-ring (bicyclic) bond motifs is 2. The fourth-order valence-electron chi connectivity index (χ4n) is 3.26. The van der Waals surface area contributed by atoms with Gasteiger partial charge in [-0.25, -0.2) is 4.79 Å². The number of cyclic esters (lactones) is 1. The van der Waals surface area contributed by atoms with Crippen molar-refractivity contribution in [3.05, 3.63) is 33.9 Å². The number of rotatable bonds is 1. The molecule has 4 heteroatoms. The maximum Gasteiger partial charge on any atom is 0.338 e. The Balaban J connectivity index is 2.19. The van der Waals surface area contributed by atoms with Crippen molar-refractivity contribution in [3.8, 4) is 0 Å². The molecule has 3 rings (SSSR count). The molecule has 1 heterocycles. The number of hydrogen-bond donors (Lipinski definition) is 2. The largest absolute Gasteiger partial charge is 0.462 e. The van der Waals surface area contributed by atoms with Gasteiger partial charge in [-0.2, -0.15) is 0 Å². The van der Waals surface area contributed by atoms with Gasteiger partial charge in [-0.05, 0) is 41.7 Å². The summed E-state index contributed by atoms with van der Waals surface area (Å²) in [6.07, 6.45) is 0.645. The molecular formula is C15H18O4. The summed E-state index contributed by atoms with van der Waals surface area (Å²) in [5.41, 5.74) is 3.97. The third-order valence-corrected chi connectivity index (χ3v) is 4.58. The van der Waals surface area contributed by atoms with Crippen LogP contribution in [0.15, 0.2) is 6.07 Å². The number of carbonyl (C=O) groups is 1. The molecule has 0 spiro atoms. The summed E-state index contributed by atoms with van der Waals surface area (Å²) in [5, 5.41) is 19.9. The second-order valence-electron chi connectivity index (χ2n) is 5.87. The van der Waals surface area contributed by atoms with Gasteiger partial charge in [-0.3, -0.25) is 0 Å². The number of esters is 1. The maximum atomic E-state index is 11.8. The Morgan fingerprint density at radius 3 is 2.89 bits per heavy atom. The van der Waals surface area contributed by atoms with E-state index in [1.807, 2.05) is 13.8 Å². The van der Waals surface area contributed by atoms with Crippen molar-refractivity contribution in [2.75, 3.05) is 13.2 Å². The lowest BCUT2D eigenvalue weighted by Crippen LogP contribution is -2.26. The molecule has 2 atom stereocenters. The number of carbonyl (C=O) groups excluding carboxylic acids is 1. The van der Waals surface area contributed by atoms with Crippen LogP contribution in [0.2, 0.25) is 0 Å². The molecule has 0 bridgehead atoms. The second kappa shape index (κ2) is 4.05. The number of benzene rings is 1. The first-order valence-electron chi connectivity index (χ1n) is 6.59. The minimum Gasteiger partial charge on any atom is -0.462 e. The van der Waals surface area contributed by atoms with Gasteiger partial charge in [0, 0.05) is 11.8 Å². The van der Waals surface area contributed by atoms with E-state index in [0.717, 1.165) is 28.7 Å². The van der Waals surface area contributed by atoms with Crippen molar-refractivity contribution in [2.45, 2.75) is 32.8 Å². The minimum absolute atomic E-state index is 0.0720. The van der Waals surface area contributed by atoms with E-state index in [1.54, 1.807) is 6.07 Å². The molecule has 4 nitrogen and oxygen atoms in total. The summed E-state index contributed by atoms with van der Waals surface area (Å²) in [4.78, 5) is 11.8. The van der Waals surface area contributed by atoms with Crippen LogP contribution in [-0.4, -0.2) is 29.4 Å². The molecule has 0 unspecified atom stereocenters. The fraction of sp³-hybridized carbons (Fsp3) is 0.533. The van der Waals surface area contributed by atoms with Gasteiger partial charge >= 0.3 is 5.97 Å². The lowest BCUT2D eigenvalue weighted by atomic mass is 9.86. The van der Waals surface area contributed by atoms with Crippen LogP contribution < -0.4 is 0 Å². The molecule has 1 aromatic carbocycles. The number of aliphatic hydroxyl groups is 2. The van der Waals surface area contributed by atoms with Crippen LogP contribution in [0.25, 0.3) is 0 Å². The van der Waals surface area contributed by atoms with E-state index in [2.05, 4.69) is 0 Å². The fourth-order valence-corrected chi connectivity index (χ4v) is 3.26. The first kappa shape index (κ1) is 12.6. The van der Waals surface area contributed by atoms with Crippen LogP contribution in [0.4, 0.5) is 0 Å². The van der Waals surface area contributed by atoms with Gasteiger partial charge in [-0.1, -0.05) is 6.92 Å². The molecule has 0 aromatic heterocycles. The van der Waals surface area contributed by atoms with Gasteiger partial charge in [0.05, 0.1) is 24.9 Å². The molecular weight excluding hydrogens is 244 g/mol. The van der Waals surface area contributed by atoms with Gasteiger partial charge in [0.2, 0.25) is 0 Å². The SMILES string of the molecule is Cc1c2c(cc3c1C[C@](C)(CO)[C@@H]3O)C(=O)OCC2. The Morgan fingerprint density at radius 1 is 1.47 bits per heavy atom. The molecule has 102 valence electrons. The minimum atomic E-state index is -0.730. The van der Waals surface area contributed by atoms with Gasteiger partial charge in [0.1, 0.15) is 0 Å². The van der Waals surface area contributed by atoms with Gasteiger partial charge in [0.25, 0.3) is 0 Å². The van der Waals surface area contributed by atoms with Crippen LogP contribution in [0.1, 0.15) is 45.6 Å². The highest BCUT2D eigenvalue weighted by atomic mass is 16.5. The van der Waals surface area contributed by atoms with Gasteiger partial charge in [0.15, 0.2) is 0 Å². The monoisotopic (exact) mass is 262 g/mol. The summed E-state index contributed by atoms with van der Waals surface area (Å²) >= 11 is 0. The molecule has 2 aliphatic rings. The highest BCUT2D eigenvalue weighted by Crippen LogP contribution is 2.47. The first-order chi connectivity index (χ1) is 8.98. The Hall–Kier alpha value is -1.39. The van der Waals surface area contributed by atoms with E-state index >= 15 is 0 Å². The summed E-state index contributed by atoms with van der Waals surface area (Å²) in [5.74, 6) is -0.308. The molecule has 0 radical (unpaired) electrons. The Morgan fingerprint density at radius 2 is 2.21 bits per heavy atom. The van der Waals surface area contributed by atoms with Crippen molar-refractivity contribution < 1.29 is 19.7 Å². The van der Waals surface area contributed by atoms with E-state index in [4.69, 9.17) is 4.74 Å². The molecule has 1 aliphatic heterocycles. The van der Waals surface area contributed by atoms with E-state index in [0.29, 0.717) is 18.6 Å². The molecule has 1 aromatic rings. The zero-order valence-electron chi connectivity index (χ0n) is 11.2. The molecule has 0 fully saturated rings. The summed E-state index contributed by atoms with van der Waals surface area (Å²) in [7, 11) is 0. The van der Waals surface area contributed by atoms with Crippen molar-refractivity contribution in [2.24, 2.45) is 5.41 Å². The molecule has 19 heavy (non-hydrogen) atoms. The smallest absolute Gasteiger partial charge is 0.338 e. The van der Waals surface area contributed by atoms with Crippen LogP contribution >= 0.6 is 0 Å². The number of hydrogen-bond acceptors (Lipinski definition) is 4. The van der Waals surface area contributed by atoms with Crippen LogP contribution in [0, 0.1) is 12.3 Å². The summed E-state index contributed by atoms with van der Waals surface area (Å²) < 4.78 is 5.06. The van der Waals surface area contributed by atoms with Crippen molar-refractivity contribution >= 4 is 5.97 Å². The summed E-state index contributed by atoms with van der Waals surface area (Å²) in [6, 6.07) is 1.75. The first-order valence-corrected chi connectivity index (χ1v) is 6.59. The standard InChI is InChI=1S/C15H18O4/c1-8-9-3-4-19-14(18)11(9)5-10-12(8)6-15(2,7-16)13(10)17/h5,13,16-17H,3-4,6-7H2,1-2H3/t13-,15-/m1/s1. The lowest BCUT2D eigenvalue weighted by Gasteiger charge is -2.25. The number of ether oxygens (including phenoxy) is 1. The molecule has 0 saturated carbocycles. The van der Waals surface area contributed by atoms with Gasteiger partial charge in [-0.15, -0.1) is 0 Å². The van der Waals surface area contributed by atoms with Crippen molar-refractivity contribution in [1.82, 2.24) is 0 Å². The second-order valence-corrected chi connectivity index (χ2v) is 5.87. The third kappa shape index (κ3) is 1.63. The van der Waals surface area contributed by atoms with Gasteiger partial charge < -0.3 is 14.9 Å². The molecule has 0 saturated heterocycles. The number of aliphatic hydroxyl groups excluding tert-OH is 2. The quantitative estimate of drug-likeness (QED) is 0.749. The van der Waals surface area contributed by atoms with Crippen LogP contribution in [0.3, 0.4) is 0 Å². The summed E-state index contributed by atoms with van der Waals surface area (Å²) in [6.45, 7) is 4.21. The van der Waals surface area contributed by atoms with E-state index in [-0.39, 0.29) is 12.6 Å². The predicted octanol–water partition coefficient (Wildman–Crippen LogP) is 1.30. The normalized spacial score (nSPS) is 28.8. The maximum absolute atomic E-state index is 11.8.